The molecule has 3 rings (SSSR count). The Morgan fingerprint density at radius 1 is 1.17 bits per heavy atom. The molecule has 6 heteroatoms. The van der Waals surface area contributed by atoms with Crippen molar-refractivity contribution in [3.8, 4) is 11.5 Å². The highest BCUT2D eigenvalue weighted by molar-refractivity contribution is 5.90. The van der Waals surface area contributed by atoms with Crippen LogP contribution in [-0.2, 0) is 16.0 Å². The van der Waals surface area contributed by atoms with Gasteiger partial charge in [0, 0.05) is 18.4 Å². The minimum absolute atomic E-state index is 0.0930. The molecule has 1 aromatic heterocycles. The maximum Gasteiger partial charge on any atom is 0.229 e. The maximum absolute atomic E-state index is 12.7. The standard InChI is InChI=1S/C24H32N2O4/c1-14-10-15(2)25-20(11-14)26-21(27)12-24(6)9-8-19-18(5)22(29-13-28-7)16(3)17(4)23(19)30-24/h10-11H,8-9,12-13H2,1-7H3,(H,25,26,27). The van der Waals surface area contributed by atoms with E-state index in [4.69, 9.17) is 14.2 Å². The zero-order valence-electron chi connectivity index (χ0n) is 19.1. The zero-order valence-corrected chi connectivity index (χ0v) is 19.1. The number of carbonyl (C=O) groups excluding carboxylic acids is 1. The Kier molecular flexibility index (Phi) is 6.36. The molecule has 1 amide bonds. The van der Waals surface area contributed by atoms with E-state index in [9.17, 15) is 4.79 Å². The van der Waals surface area contributed by atoms with E-state index in [2.05, 4.69) is 17.2 Å². The second-order valence-electron chi connectivity index (χ2n) is 8.51. The maximum atomic E-state index is 12.7. The van der Waals surface area contributed by atoms with Crippen LogP contribution < -0.4 is 14.8 Å². The van der Waals surface area contributed by atoms with Crippen molar-refractivity contribution in [3.05, 3.63) is 45.6 Å². The predicted octanol–water partition coefficient (Wildman–Crippen LogP) is 4.72. The second-order valence-corrected chi connectivity index (χ2v) is 8.51. The van der Waals surface area contributed by atoms with E-state index in [0.717, 1.165) is 57.9 Å². The molecule has 6 nitrogen and oxygen atoms in total. The van der Waals surface area contributed by atoms with Crippen LogP contribution in [0, 0.1) is 34.6 Å². The summed E-state index contributed by atoms with van der Waals surface area (Å²) in [6.07, 6.45) is 1.85. The predicted molar refractivity (Wildman–Crippen MR) is 117 cm³/mol. The Hall–Kier alpha value is -2.60. The summed E-state index contributed by atoms with van der Waals surface area (Å²) < 4.78 is 17.4. The summed E-state index contributed by atoms with van der Waals surface area (Å²) >= 11 is 0. The van der Waals surface area contributed by atoms with Gasteiger partial charge in [-0.1, -0.05) is 0 Å². The molecule has 1 N–H and O–H groups in total. The molecular weight excluding hydrogens is 380 g/mol. The first-order chi connectivity index (χ1) is 14.1. The third-order valence-corrected chi connectivity index (χ3v) is 5.78. The molecule has 1 aromatic carbocycles. The van der Waals surface area contributed by atoms with Gasteiger partial charge in [0.2, 0.25) is 5.91 Å². The number of anilines is 1. The van der Waals surface area contributed by atoms with E-state index < -0.39 is 5.60 Å². The van der Waals surface area contributed by atoms with Crippen molar-refractivity contribution >= 4 is 11.7 Å². The van der Waals surface area contributed by atoms with Crippen LogP contribution >= 0.6 is 0 Å². The fourth-order valence-corrected chi connectivity index (χ4v) is 4.17. The molecule has 1 aliphatic heterocycles. The number of carbonyl (C=O) groups is 1. The molecule has 0 spiro atoms. The largest absolute Gasteiger partial charge is 0.486 e. The highest BCUT2D eigenvalue weighted by atomic mass is 16.7. The lowest BCUT2D eigenvalue weighted by molar-refractivity contribution is -0.120. The smallest absolute Gasteiger partial charge is 0.229 e. The van der Waals surface area contributed by atoms with Gasteiger partial charge in [-0.2, -0.15) is 0 Å². The molecular formula is C24H32N2O4. The molecule has 0 saturated heterocycles. The third kappa shape index (κ3) is 4.59. The van der Waals surface area contributed by atoms with Crippen molar-refractivity contribution in [1.29, 1.82) is 0 Å². The molecule has 30 heavy (non-hydrogen) atoms. The number of pyridine rings is 1. The summed E-state index contributed by atoms with van der Waals surface area (Å²) in [6, 6.07) is 3.86. The number of nitrogens with zero attached hydrogens (tertiary/aromatic N) is 1. The van der Waals surface area contributed by atoms with Gasteiger partial charge in [0.15, 0.2) is 6.79 Å². The number of benzene rings is 1. The molecule has 0 saturated carbocycles. The number of nitrogens with one attached hydrogen (secondary N) is 1. The van der Waals surface area contributed by atoms with Crippen LogP contribution in [-0.4, -0.2) is 30.4 Å². The summed E-state index contributed by atoms with van der Waals surface area (Å²) in [5.41, 5.74) is 5.69. The topological polar surface area (TPSA) is 69.7 Å². The fourth-order valence-electron chi connectivity index (χ4n) is 4.17. The highest BCUT2D eigenvalue weighted by Crippen LogP contribution is 2.44. The van der Waals surface area contributed by atoms with Crippen LogP contribution in [0.3, 0.4) is 0 Å². The van der Waals surface area contributed by atoms with Gasteiger partial charge in [-0.25, -0.2) is 4.98 Å². The Balaban J connectivity index is 1.79. The van der Waals surface area contributed by atoms with Crippen LogP contribution in [0.25, 0.3) is 0 Å². The van der Waals surface area contributed by atoms with Crippen LogP contribution in [0.2, 0.25) is 0 Å². The molecule has 0 fully saturated rings. The van der Waals surface area contributed by atoms with Gasteiger partial charge in [0.1, 0.15) is 22.9 Å². The first kappa shape index (κ1) is 22.1. The Labute approximate surface area is 178 Å². The number of aromatic nitrogens is 1. The van der Waals surface area contributed by atoms with Gasteiger partial charge in [-0.15, -0.1) is 0 Å². The SMILES string of the molecule is COCOc1c(C)c(C)c2c(c1C)CCC(C)(CC(=O)Nc1cc(C)cc(C)n1)O2. The average molecular weight is 413 g/mol. The fraction of sp³-hybridized carbons (Fsp3) is 0.500. The lowest BCUT2D eigenvalue weighted by atomic mass is 9.85. The molecule has 2 aromatic rings. The average Bonchev–Trinajstić information content (AvgIpc) is 2.65. The normalized spacial score (nSPS) is 17.8. The molecule has 1 atom stereocenters. The zero-order chi connectivity index (χ0) is 22.1. The van der Waals surface area contributed by atoms with Crippen molar-refractivity contribution in [2.75, 3.05) is 19.2 Å². The first-order valence-electron chi connectivity index (χ1n) is 10.3. The number of fused-ring (bicyclic) bond motifs is 1. The van der Waals surface area contributed by atoms with Crippen molar-refractivity contribution < 1.29 is 19.0 Å². The van der Waals surface area contributed by atoms with Gasteiger partial charge >= 0.3 is 0 Å². The number of hydrogen-bond acceptors (Lipinski definition) is 5. The van der Waals surface area contributed by atoms with Gasteiger partial charge in [-0.05, 0) is 88.8 Å². The van der Waals surface area contributed by atoms with Crippen LogP contribution in [0.1, 0.15) is 53.3 Å². The summed E-state index contributed by atoms with van der Waals surface area (Å²) in [6.45, 7) is 12.3. The Bertz CT molecular complexity index is 950. The summed E-state index contributed by atoms with van der Waals surface area (Å²) in [5.74, 6) is 2.23. The van der Waals surface area contributed by atoms with Crippen LogP contribution in [0.4, 0.5) is 5.82 Å². The Morgan fingerprint density at radius 3 is 2.57 bits per heavy atom. The number of aryl methyl sites for hydroxylation is 2. The van der Waals surface area contributed by atoms with Gasteiger partial charge in [0.25, 0.3) is 0 Å². The van der Waals surface area contributed by atoms with Gasteiger partial charge < -0.3 is 19.5 Å². The van der Waals surface area contributed by atoms with Gasteiger partial charge in [0.05, 0.1) is 6.42 Å². The summed E-state index contributed by atoms with van der Waals surface area (Å²) in [7, 11) is 1.61. The first-order valence-corrected chi connectivity index (χ1v) is 10.3. The summed E-state index contributed by atoms with van der Waals surface area (Å²) in [5, 5.41) is 2.93. The number of amides is 1. The molecule has 162 valence electrons. The number of rotatable bonds is 6. The summed E-state index contributed by atoms with van der Waals surface area (Å²) in [4.78, 5) is 17.1. The van der Waals surface area contributed by atoms with E-state index in [1.807, 2.05) is 46.8 Å². The molecule has 1 aliphatic rings. The quantitative estimate of drug-likeness (QED) is 0.695. The minimum atomic E-state index is -0.575. The molecule has 2 heterocycles. The molecule has 1 unspecified atom stereocenters. The number of methoxy groups -OCH3 is 1. The van der Waals surface area contributed by atoms with Crippen molar-refractivity contribution in [3.63, 3.8) is 0 Å². The van der Waals surface area contributed by atoms with E-state index in [0.29, 0.717) is 5.82 Å². The monoisotopic (exact) mass is 412 g/mol. The minimum Gasteiger partial charge on any atom is -0.486 e. The lowest BCUT2D eigenvalue weighted by Crippen LogP contribution is -2.40. The number of ether oxygens (including phenoxy) is 3. The van der Waals surface area contributed by atoms with Crippen molar-refractivity contribution in [2.24, 2.45) is 0 Å². The van der Waals surface area contributed by atoms with E-state index in [1.54, 1.807) is 7.11 Å². The van der Waals surface area contributed by atoms with E-state index in [-0.39, 0.29) is 19.1 Å². The lowest BCUT2D eigenvalue weighted by Gasteiger charge is -2.37. The van der Waals surface area contributed by atoms with E-state index >= 15 is 0 Å². The molecule has 0 radical (unpaired) electrons. The van der Waals surface area contributed by atoms with Crippen molar-refractivity contribution in [2.45, 2.75) is 66.4 Å². The van der Waals surface area contributed by atoms with E-state index in [1.165, 1.54) is 0 Å². The third-order valence-electron chi connectivity index (χ3n) is 5.78. The van der Waals surface area contributed by atoms with Gasteiger partial charge in [-0.3, -0.25) is 4.79 Å². The molecule has 0 bridgehead atoms. The van der Waals surface area contributed by atoms with Crippen LogP contribution in [0.15, 0.2) is 12.1 Å². The van der Waals surface area contributed by atoms with Crippen molar-refractivity contribution in [1.82, 2.24) is 4.98 Å². The van der Waals surface area contributed by atoms with Crippen LogP contribution in [0.5, 0.6) is 11.5 Å². The second kappa shape index (κ2) is 8.64. The highest BCUT2D eigenvalue weighted by Gasteiger charge is 2.36. The Morgan fingerprint density at radius 2 is 1.90 bits per heavy atom. The number of hydrogen-bond donors (Lipinski definition) is 1. The molecule has 0 aliphatic carbocycles.